The van der Waals surface area contributed by atoms with Gasteiger partial charge in [0.15, 0.2) is 5.82 Å². The van der Waals surface area contributed by atoms with Gasteiger partial charge in [-0.2, -0.15) is 10.2 Å². The van der Waals surface area contributed by atoms with Crippen LogP contribution < -0.4 is 10.5 Å². The summed E-state index contributed by atoms with van der Waals surface area (Å²) in [5.41, 5.74) is 1.97. The summed E-state index contributed by atoms with van der Waals surface area (Å²) in [4.78, 5) is 32.9. The van der Waals surface area contributed by atoms with Gasteiger partial charge < -0.3 is 9.80 Å². The number of aryl methyl sites for hydroxylation is 1. The van der Waals surface area contributed by atoms with Gasteiger partial charge in [-0.3, -0.25) is 14.7 Å². The molecular weight excluding hydrogens is 346 g/mol. The highest BCUT2D eigenvalue weighted by Crippen LogP contribution is 2.22. The number of nitrogens with zero attached hydrogens (tertiary/aromatic N) is 6. The van der Waals surface area contributed by atoms with E-state index in [-0.39, 0.29) is 11.5 Å². The molecule has 1 aliphatic rings. The lowest BCUT2D eigenvalue weighted by molar-refractivity contribution is 0.0747. The third-order valence-electron chi connectivity index (χ3n) is 4.71. The van der Waals surface area contributed by atoms with Gasteiger partial charge in [0.2, 0.25) is 0 Å². The quantitative estimate of drug-likeness (QED) is 0.727. The molecule has 1 saturated heterocycles. The van der Waals surface area contributed by atoms with E-state index in [2.05, 4.69) is 25.2 Å². The maximum Gasteiger partial charge on any atom is 0.268 e. The first kappa shape index (κ1) is 17.0. The zero-order chi connectivity index (χ0) is 18.8. The van der Waals surface area contributed by atoms with Crippen molar-refractivity contribution < 1.29 is 4.79 Å². The van der Waals surface area contributed by atoms with Crippen molar-refractivity contribution in [1.29, 1.82) is 0 Å². The molecule has 0 aliphatic carbocycles. The van der Waals surface area contributed by atoms with Crippen molar-refractivity contribution >= 4 is 11.6 Å². The Hall–Kier alpha value is -3.49. The molecule has 9 heteroatoms. The Labute approximate surface area is 155 Å². The van der Waals surface area contributed by atoms with Crippen molar-refractivity contribution in [3.05, 3.63) is 58.8 Å². The molecule has 1 N–H and O–H groups in total. The minimum absolute atomic E-state index is 0.0382. The van der Waals surface area contributed by atoms with E-state index < -0.39 is 0 Å². The van der Waals surface area contributed by atoms with Crippen LogP contribution in [0.4, 0.5) is 5.69 Å². The van der Waals surface area contributed by atoms with Crippen LogP contribution in [0.1, 0.15) is 10.4 Å². The number of aromatic nitrogens is 5. The molecule has 9 nitrogen and oxygen atoms in total. The van der Waals surface area contributed by atoms with Gasteiger partial charge >= 0.3 is 0 Å². The summed E-state index contributed by atoms with van der Waals surface area (Å²) < 4.78 is 1.30. The third-order valence-corrected chi connectivity index (χ3v) is 4.71. The van der Waals surface area contributed by atoms with Gasteiger partial charge in [0.25, 0.3) is 11.5 Å². The summed E-state index contributed by atoms with van der Waals surface area (Å²) in [5.74, 6) is 0.535. The first-order valence-electron chi connectivity index (χ1n) is 8.66. The van der Waals surface area contributed by atoms with Crippen LogP contribution in [0, 0.1) is 0 Å². The summed E-state index contributed by atoms with van der Waals surface area (Å²) in [7, 11) is 1.62. The minimum atomic E-state index is -0.146. The highest BCUT2D eigenvalue weighted by atomic mass is 16.2. The van der Waals surface area contributed by atoms with Crippen LogP contribution in [0.25, 0.3) is 11.4 Å². The average molecular weight is 365 g/mol. The maximum atomic E-state index is 13.0. The largest absolute Gasteiger partial charge is 0.367 e. The fourth-order valence-electron chi connectivity index (χ4n) is 3.18. The van der Waals surface area contributed by atoms with Gasteiger partial charge in [0, 0.05) is 44.9 Å². The van der Waals surface area contributed by atoms with E-state index in [0.717, 1.165) is 11.3 Å². The SMILES string of the molecule is Cn1ncc(N2CCN(C(=O)c3ccccc3-c3ncn[nH]3)CC2)cc1=O. The number of aromatic amines is 1. The Morgan fingerprint density at radius 3 is 2.63 bits per heavy atom. The van der Waals surface area contributed by atoms with Crippen LogP contribution in [0.3, 0.4) is 0 Å². The van der Waals surface area contributed by atoms with Crippen molar-refractivity contribution in [2.45, 2.75) is 0 Å². The lowest BCUT2D eigenvalue weighted by atomic mass is 10.1. The molecule has 1 amide bonds. The second-order valence-electron chi connectivity index (χ2n) is 6.33. The molecular formula is C18H19N7O2. The number of amides is 1. The lowest BCUT2D eigenvalue weighted by Crippen LogP contribution is -2.49. The molecule has 0 radical (unpaired) electrons. The highest BCUT2D eigenvalue weighted by molar-refractivity contribution is 6.00. The Bertz CT molecular complexity index is 1000. The molecule has 0 spiro atoms. The van der Waals surface area contributed by atoms with Crippen LogP contribution in [-0.4, -0.2) is 61.9 Å². The minimum Gasteiger partial charge on any atom is -0.367 e. The molecule has 0 unspecified atom stereocenters. The van der Waals surface area contributed by atoms with Gasteiger partial charge in [-0.25, -0.2) is 9.67 Å². The van der Waals surface area contributed by atoms with E-state index >= 15 is 0 Å². The molecule has 138 valence electrons. The predicted molar refractivity (Wildman–Crippen MR) is 99.4 cm³/mol. The summed E-state index contributed by atoms with van der Waals surface area (Å²) >= 11 is 0. The first-order chi connectivity index (χ1) is 13.1. The van der Waals surface area contributed by atoms with Crippen LogP contribution in [0.2, 0.25) is 0 Å². The van der Waals surface area contributed by atoms with Crippen molar-refractivity contribution in [3.63, 3.8) is 0 Å². The fourth-order valence-corrected chi connectivity index (χ4v) is 3.18. The molecule has 4 rings (SSSR count). The number of H-pyrrole nitrogens is 1. The second kappa shape index (κ2) is 7.02. The molecule has 0 saturated carbocycles. The normalized spacial score (nSPS) is 14.4. The summed E-state index contributed by atoms with van der Waals surface area (Å²) in [5, 5.41) is 10.7. The van der Waals surface area contributed by atoms with Crippen molar-refractivity contribution in [2.24, 2.45) is 7.05 Å². The summed E-state index contributed by atoms with van der Waals surface area (Å²) in [6.45, 7) is 2.42. The molecule has 3 aromatic rings. The number of hydrogen-bond acceptors (Lipinski definition) is 6. The van der Waals surface area contributed by atoms with Crippen molar-refractivity contribution in [2.75, 3.05) is 31.1 Å². The predicted octanol–water partition coefficient (Wildman–Crippen LogP) is 0.528. The average Bonchev–Trinajstić information content (AvgIpc) is 3.24. The number of carbonyl (C=O) groups is 1. The van der Waals surface area contributed by atoms with Gasteiger partial charge in [0.05, 0.1) is 17.4 Å². The number of hydrogen-bond donors (Lipinski definition) is 1. The zero-order valence-corrected chi connectivity index (χ0v) is 14.9. The standard InChI is InChI=1S/C18H19N7O2/c1-23-16(26)10-13(11-21-23)24-6-8-25(9-7-24)18(27)15-5-3-2-4-14(15)17-19-12-20-22-17/h2-5,10-12H,6-9H2,1H3,(H,19,20,22). The Morgan fingerprint density at radius 2 is 1.93 bits per heavy atom. The number of piperazine rings is 1. The van der Waals surface area contributed by atoms with Crippen LogP contribution in [0.5, 0.6) is 0 Å². The third kappa shape index (κ3) is 3.31. The van der Waals surface area contributed by atoms with Gasteiger partial charge in [0.1, 0.15) is 6.33 Å². The zero-order valence-electron chi connectivity index (χ0n) is 14.9. The molecule has 2 aromatic heterocycles. The van der Waals surface area contributed by atoms with E-state index in [1.165, 1.54) is 11.0 Å². The Kier molecular flexibility index (Phi) is 4.41. The van der Waals surface area contributed by atoms with Gasteiger partial charge in [-0.1, -0.05) is 18.2 Å². The van der Waals surface area contributed by atoms with Crippen molar-refractivity contribution in [3.8, 4) is 11.4 Å². The van der Waals surface area contributed by atoms with Crippen LogP contribution in [-0.2, 0) is 7.05 Å². The second-order valence-corrected chi connectivity index (χ2v) is 6.33. The van der Waals surface area contributed by atoms with E-state index in [1.54, 1.807) is 25.4 Å². The molecule has 3 heterocycles. The fraction of sp³-hybridized carbons (Fsp3) is 0.278. The van der Waals surface area contributed by atoms with E-state index in [4.69, 9.17) is 0 Å². The van der Waals surface area contributed by atoms with Crippen LogP contribution >= 0.6 is 0 Å². The smallest absolute Gasteiger partial charge is 0.268 e. The monoisotopic (exact) mass is 365 g/mol. The van der Waals surface area contributed by atoms with Crippen LogP contribution in [0.15, 0.2) is 47.7 Å². The Morgan fingerprint density at radius 1 is 1.15 bits per heavy atom. The molecule has 27 heavy (non-hydrogen) atoms. The van der Waals surface area contributed by atoms with E-state index in [9.17, 15) is 9.59 Å². The van der Waals surface area contributed by atoms with Gasteiger partial charge in [-0.05, 0) is 6.07 Å². The molecule has 1 fully saturated rings. The molecule has 0 atom stereocenters. The summed E-state index contributed by atoms with van der Waals surface area (Å²) in [6, 6.07) is 8.95. The van der Waals surface area contributed by atoms with Crippen molar-refractivity contribution in [1.82, 2.24) is 29.9 Å². The summed E-state index contributed by atoms with van der Waals surface area (Å²) in [6.07, 6.45) is 3.10. The molecule has 1 aromatic carbocycles. The van der Waals surface area contributed by atoms with E-state index in [1.807, 2.05) is 23.1 Å². The van der Waals surface area contributed by atoms with Gasteiger partial charge in [-0.15, -0.1) is 0 Å². The number of anilines is 1. The number of carbonyl (C=O) groups excluding carboxylic acids is 1. The first-order valence-corrected chi connectivity index (χ1v) is 8.66. The molecule has 1 aliphatic heterocycles. The topological polar surface area (TPSA) is 100 Å². The Balaban J connectivity index is 1.50. The highest BCUT2D eigenvalue weighted by Gasteiger charge is 2.25. The number of rotatable bonds is 3. The molecule has 0 bridgehead atoms. The lowest BCUT2D eigenvalue weighted by Gasteiger charge is -2.36. The van der Waals surface area contributed by atoms with E-state index in [0.29, 0.717) is 37.6 Å². The number of nitrogens with one attached hydrogen (secondary N) is 1. The maximum absolute atomic E-state index is 13.0. The number of benzene rings is 1.